The molecule has 0 bridgehead atoms. The number of imidazole rings is 1. The fraction of sp³-hybridized carbons (Fsp3) is 0.267. The first kappa shape index (κ1) is 14.4. The zero-order valence-corrected chi connectivity index (χ0v) is 13.6. The summed E-state index contributed by atoms with van der Waals surface area (Å²) in [5.74, 6) is 1.49. The first-order valence-electron chi connectivity index (χ1n) is 6.70. The Kier molecular flexibility index (Phi) is 4.19. The normalized spacial score (nSPS) is 12.7. The van der Waals surface area contributed by atoms with Crippen molar-refractivity contribution in [3.05, 3.63) is 41.5 Å². The number of benzene rings is 1. The Morgan fingerprint density at radius 1 is 1.43 bits per heavy atom. The summed E-state index contributed by atoms with van der Waals surface area (Å²) in [7, 11) is 0. The number of hydrogen-bond acceptors (Lipinski definition) is 5. The molecule has 110 valence electrons. The van der Waals surface area contributed by atoms with Crippen LogP contribution in [0.1, 0.15) is 12.6 Å². The summed E-state index contributed by atoms with van der Waals surface area (Å²) in [6.45, 7) is 1.99. The second-order valence-electron chi connectivity index (χ2n) is 4.85. The molecule has 6 heteroatoms. The number of aromatic nitrogens is 2. The summed E-state index contributed by atoms with van der Waals surface area (Å²) >= 11 is 3.26. The highest BCUT2D eigenvalue weighted by molar-refractivity contribution is 7.98. The summed E-state index contributed by atoms with van der Waals surface area (Å²) in [6, 6.07) is 8.05. The van der Waals surface area contributed by atoms with Gasteiger partial charge in [-0.05, 0) is 25.3 Å². The summed E-state index contributed by atoms with van der Waals surface area (Å²) in [4.78, 5) is 6.62. The molecule has 3 rings (SSSR count). The lowest BCUT2D eigenvalue weighted by Gasteiger charge is -2.10. The van der Waals surface area contributed by atoms with E-state index in [0.717, 1.165) is 27.7 Å². The van der Waals surface area contributed by atoms with Crippen molar-refractivity contribution in [1.29, 1.82) is 0 Å². The highest BCUT2D eigenvalue weighted by atomic mass is 32.2. The number of hydrogen-bond donors (Lipinski definition) is 1. The van der Waals surface area contributed by atoms with Gasteiger partial charge in [-0.15, -0.1) is 23.1 Å². The Hall–Kier alpha value is -1.50. The van der Waals surface area contributed by atoms with Crippen LogP contribution in [0.15, 0.2) is 40.7 Å². The van der Waals surface area contributed by atoms with Gasteiger partial charge in [0.1, 0.15) is 5.75 Å². The van der Waals surface area contributed by atoms with Gasteiger partial charge in [0.05, 0.1) is 5.69 Å². The third-order valence-corrected chi connectivity index (χ3v) is 4.65. The van der Waals surface area contributed by atoms with E-state index in [-0.39, 0.29) is 6.04 Å². The Morgan fingerprint density at radius 2 is 2.24 bits per heavy atom. The van der Waals surface area contributed by atoms with Crippen LogP contribution in [0.3, 0.4) is 0 Å². The SMILES string of the molecule is CSc1ccccc1Oc1nc2sccn2c1CC(C)N. The van der Waals surface area contributed by atoms with Gasteiger partial charge in [0.25, 0.3) is 0 Å². The number of fused-ring (bicyclic) bond motifs is 1. The van der Waals surface area contributed by atoms with Crippen LogP contribution in [0.5, 0.6) is 11.6 Å². The molecular weight excluding hydrogens is 302 g/mol. The third-order valence-electron chi connectivity index (χ3n) is 3.12. The lowest BCUT2D eigenvalue weighted by atomic mass is 10.2. The summed E-state index contributed by atoms with van der Waals surface area (Å²) in [5.41, 5.74) is 6.99. The van der Waals surface area contributed by atoms with E-state index in [4.69, 9.17) is 10.5 Å². The van der Waals surface area contributed by atoms with Gasteiger partial charge in [-0.25, -0.2) is 0 Å². The van der Waals surface area contributed by atoms with E-state index in [1.54, 1.807) is 23.1 Å². The van der Waals surface area contributed by atoms with Gasteiger partial charge in [-0.2, -0.15) is 4.98 Å². The minimum atomic E-state index is 0.0583. The van der Waals surface area contributed by atoms with Crippen LogP contribution in [0.25, 0.3) is 4.96 Å². The van der Waals surface area contributed by atoms with Crippen molar-refractivity contribution in [2.45, 2.75) is 24.3 Å². The summed E-state index contributed by atoms with van der Waals surface area (Å²) in [6.07, 6.45) is 4.78. The van der Waals surface area contributed by atoms with Crippen LogP contribution in [0.2, 0.25) is 0 Å². The largest absolute Gasteiger partial charge is 0.436 e. The first-order valence-corrected chi connectivity index (χ1v) is 8.80. The number of thioether (sulfide) groups is 1. The molecule has 1 unspecified atom stereocenters. The van der Waals surface area contributed by atoms with Gasteiger partial charge in [0, 0.05) is 28.9 Å². The molecule has 2 N–H and O–H groups in total. The first-order chi connectivity index (χ1) is 10.2. The molecule has 0 aliphatic heterocycles. The topological polar surface area (TPSA) is 52.5 Å². The van der Waals surface area contributed by atoms with Gasteiger partial charge in [0.2, 0.25) is 5.88 Å². The maximum Gasteiger partial charge on any atom is 0.242 e. The number of nitrogens with zero attached hydrogens (tertiary/aromatic N) is 2. The van der Waals surface area contributed by atoms with Crippen LogP contribution in [-0.2, 0) is 6.42 Å². The van der Waals surface area contributed by atoms with Gasteiger partial charge in [-0.3, -0.25) is 4.40 Å². The summed E-state index contributed by atoms with van der Waals surface area (Å²) in [5, 5.41) is 2.02. The third kappa shape index (κ3) is 2.92. The second-order valence-corrected chi connectivity index (χ2v) is 6.57. The van der Waals surface area contributed by atoms with Crippen molar-refractivity contribution in [3.8, 4) is 11.6 Å². The van der Waals surface area contributed by atoms with Crippen molar-refractivity contribution in [2.75, 3.05) is 6.26 Å². The van der Waals surface area contributed by atoms with Gasteiger partial charge in [0.15, 0.2) is 4.96 Å². The highest BCUT2D eigenvalue weighted by Gasteiger charge is 2.17. The standard InChI is InChI=1S/C15H17N3OS2/c1-10(16)9-11-14(17-15-18(11)7-8-21-15)19-12-5-3-4-6-13(12)20-2/h3-8,10H,9,16H2,1-2H3. The molecule has 3 aromatic rings. The van der Waals surface area contributed by atoms with Crippen LogP contribution in [-0.4, -0.2) is 21.7 Å². The Balaban J connectivity index is 2.01. The number of para-hydroxylation sites is 1. The van der Waals surface area contributed by atoms with Crippen molar-refractivity contribution < 1.29 is 4.74 Å². The van der Waals surface area contributed by atoms with E-state index < -0.39 is 0 Å². The zero-order valence-electron chi connectivity index (χ0n) is 11.9. The van der Waals surface area contributed by atoms with Crippen molar-refractivity contribution in [3.63, 3.8) is 0 Å². The lowest BCUT2D eigenvalue weighted by Crippen LogP contribution is -2.19. The molecule has 0 saturated carbocycles. The quantitative estimate of drug-likeness (QED) is 0.727. The van der Waals surface area contributed by atoms with Crippen LogP contribution in [0.4, 0.5) is 0 Å². The highest BCUT2D eigenvalue weighted by Crippen LogP contribution is 2.33. The molecule has 0 fully saturated rings. The maximum atomic E-state index is 6.07. The smallest absolute Gasteiger partial charge is 0.242 e. The molecule has 21 heavy (non-hydrogen) atoms. The van der Waals surface area contributed by atoms with E-state index in [2.05, 4.69) is 9.38 Å². The predicted molar refractivity (Wildman–Crippen MR) is 88.7 cm³/mol. The average molecular weight is 319 g/mol. The summed E-state index contributed by atoms with van der Waals surface area (Å²) < 4.78 is 8.13. The van der Waals surface area contributed by atoms with E-state index >= 15 is 0 Å². The maximum absolute atomic E-state index is 6.07. The molecule has 1 atom stereocenters. The van der Waals surface area contributed by atoms with E-state index in [9.17, 15) is 0 Å². The van der Waals surface area contributed by atoms with Crippen LogP contribution < -0.4 is 10.5 Å². The van der Waals surface area contributed by atoms with E-state index in [0.29, 0.717) is 5.88 Å². The number of nitrogens with two attached hydrogens (primary N) is 1. The minimum Gasteiger partial charge on any atom is -0.436 e. The fourth-order valence-corrected chi connectivity index (χ4v) is 3.44. The minimum absolute atomic E-state index is 0.0583. The van der Waals surface area contributed by atoms with Crippen molar-refractivity contribution >= 4 is 28.1 Å². The number of thiazole rings is 1. The van der Waals surface area contributed by atoms with Gasteiger partial charge in [-0.1, -0.05) is 12.1 Å². The molecule has 0 saturated heterocycles. The molecule has 4 nitrogen and oxygen atoms in total. The molecule has 0 radical (unpaired) electrons. The molecule has 0 amide bonds. The van der Waals surface area contributed by atoms with Gasteiger partial charge >= 0.3 is 0 Å². The van der Waals surface area contributed by atoms with Crippen LogP contribution >= 0.6 is 23.1 Å². The van der Waals surface area contributed by atoms with Crippen LogP contribution in [0, 0.1) is 0 Å². The lowest BCUT2D eigenvalue weighted by molar-refractivity contribution is 0.446. The van der Waals surface area contributed by atoms with Crippen molar-refractivity contribution in [2.24, 2.45) is 5.73 Å². The molecular formula is C15H17N3OS2. The Bertz CT molecular complexity index is 748. The number of rotatable bonds is 5. The average Bonchev–Trinajstić information content (AvgIpc) is 3.03. The second kappa shape index (κ2) is 6.09. The molecule has 1 aromatic carbocycles. The fourth-order valence-electron chi connectivity index (χ4n) is 2.19. The Morgan fingerprint density at radius 3 is 3.00 bits per heavy atom. The molecule has 0 aliphatic carbocycles. The molecule has 0 aliphatic rings. The number of ether oxygens (including phenoxy) is 1. The molecule has 2 aromatic heterocycles. The van der Waals surface area contributed by atoms with Gasteiger partial charge < -0.3 is 10.5 Å². The molecule has 0 spiro atoms. The zero-order chi connectivity index (χ0) is 14.8. The predicted octanol–water partition coefficient (Wildman–Crippen LogP) is 3.80. The van der Waals surface area contributed by atoms with E-state index in [1.165, 1.54) is 0 Å². The van der Waals surface area contributed by atoms with Crippen molar-refractivity contribution in [1.82, 2.24) is 9.38 Å². The Labute approximate surface area is 132 Å². The van der Waals surface area contributed by atoms with E-state index in [1.807, 2.05) is 49.0 Å². The monoisotopic (exact) mass is 319 g/mol. The molecule has 2 heterocycles.